The van der Waals surface area contributed by atoms with Gasteiger partial charge < -0.3 is 5.32 Å². The molecular weight excluding hydrogens is 256 g/mol. The topological polar surface area (TPSA) is 53.6 Å². The van der Waals surface area contributed by atoms with Crippen LogP contribution < -0.4 is 5.32 Å². The number of aryl methyl sites for hydroxylation is 1. The summed E-state index contributed by atoms with van der Waals surface area (Å²) in [6.07, 6.45) is 2.46. The quantitative estimate of drug-likeness (QED) is 0.903. The van der Waals surface area contributed by atoms with Crippen LogP contribution in [0.2, 0.25) is 0 Å². The Kier molecular flexibility index (Phi) is 3.73. The lowest BCUT2D eigenvalue weighted by Crippen LogP contribution is -2.24. The third-order valence-electron chi connectivity index (χ3n) is 3.35. The maximum atomic E-state index is 4.42. The number of benzene rings is 1. The van der Waals surface area contributed by atoms with Crippen LogP contribution in [0.3, 0.4) is 0 Å². The third kappa shape index (κ3) is 2.92. The first kappa shape index (κ1) is 12.5. The Morgan fingerprint density at radius 2 is 2.05 bits per heavy atom. The van der Waals surface area contributed by atoms with Gasteiger partial charge >= 0.3 is 0 Å². The fourth-order valence-corrected chi connectivity index (χ4v) is 3.44. The van der Waals surface area contributed by atoms with E-state index in [0.29, 0.717) is 6.04 Å². The molecule has 0 spiro atoms. The van der Waals surface area contributed by atoms with Gasteiger partial charge in [0.25, 0.3) is 0 Å². The normalized spacial score (nSPS) is 16.5. The third-order valence-corrected chi connectivity index (χ3v) is 4.39. The van der Waals surface area contributed by atoms with Gasteiger partial charge in [0.15, 0.2) is 5.82 Å². The van der Waals surface area contributed by atoms with Crippen molar-refractivity contribution in [3.8, 4) is 11.4 Å². The molecule has 1 saturated heterocycles. The largest absolute Gasteiger partial charge is 0.382 e. The van der Waals surface area contributed by atoms with Gasteiger partial charge in [0.2, 0.25) is 0 Å². The highest BCUT2D eigenvalue weighted by Crippen LogP contribution is 2.28. The van der Waals surface area contributed by atoms with E-state index >= 15 is 0 Å². The van der Waals surface area contributed by atoms with Crippen LogP contribution in [-0.2, 0) is 0 Å². The van der Waals surface area contributed by atoms with E-state index < -0.39 is 0 Å². The highest BCUT2D eigenvalue weighted by molar-refractivity contribution is 7.99. The molecule has 19 heavy (non-hydrogen) atoms. The van der Waals surface area contributed by atoms with Crippen LogP contribution in [0.15, 0.2) is 24.3 Å². The molecule has 3 rings (SSSR count). The first-order chi connectivity index (χ1) is 9.33. The summed E-state index contributed by atoms with van der Waals surface area (Å²) in [4.78, 5) is 4.42. The molecule has 2 aromatic rings. The molecule has 1 aliphatic heterocycles. The van der Waals surface area contributed by atoms with Gasteiger partial charge in [0.1, 0.15) is 5.82 Å². The van der Waals surface area contributed by atoms with Gasteiger partial charge in [-0.3, -0.25) is 5.10 Å². The summed E-state index contributed by atoms with van der Waals surface area (Å²) in [5.74, 6) is 4.11. The van der Waals surface area contributed by atoms with Gasteiger partial charge in [-0.2, -0.15) is 16.9 Å². The molecule has 100 valence electrons. The fourth-order valence-electron chi connectivity index (χ4n) is 2.33. The summed E-state index contributed by atoms with van der Waals surface area (Å²) in [7, 11) is 0. The monoisotopic (exact) mass is 274 g/mol. The number of aromatic amines is 1. The van der Waals surface area contributed by atoms with E-state index in [4.69, 9.17) is 0 Å². The first-order valence-corrected chi connectivity index (χ1v) is 7.81. The average Bonchev–Trinajstić information content (AvgIpc) is 2.87. The minimum absolute atomic E-state index is 0.572. The molecule has 0 bridgehead atoms. The molecule has 0 radical (unpaired) electrons. The van der Waals surface area contributed by atoms with Crippen LogP contribution >= 0.6 is 11.8 Å². The second-order valence-corrected chi connectivity index (χ2v) is 6.05. The van der Waals surface area contributed by atoms with Crippen LogP contribution in [0.4, 0.5) is 5.69 Å². The van der Waals surface area contributed by atoms with Crippen LogP contribution in [0.1, 0.15) is 18.7 Å². The Morgan fingerprint density at radius 1 is 1.26 bits per heavy atom. The van der Waals surface area contributed by atoms with Crippen molar-refractivity contribution in [2.24, 2.45) is 0 Å². The van der Waals surface area contributed by atoms with Gasteiger partial charge in [0.05, 0.1) is 0 Å². The van der Waals surface area contributed by atoms with E-state index in [1.165, 1.54) is 24.3 Å². The summed E-state index contributed by atoms with van der Waals surface area (Å²) in [5, 5.41) is 10.8. The first-order valence-electron chi connectivity index (χ1n) is 6.65. The molecule has 2 heterocycles. The SMILES string of the molecule is Cc1nc(-c2ccccc2NC2CCSCC2)n[nH]1. The maximum Gasteiger partial charge on any atom is 0.183 e. The van der Waals surface area contributed by atoms with Crippen molar-refractivity contribution in [1.82, 2.24) is 15.2 Å². The van der Waals surface area contributed by atoms with Crippen molar-refractivity contribution in [1.29, 1.82) is 0 Å². The lowest BCUT2D eigenvalue weighted by molar-refractivity contribution is 0.667. The van der Waals surface area contributed by atoms with Crippen molar-refractivity contribution in [2.75, 3.05) is 16.8 Å². The van der Waals surface area contributed by atoms with Gasteiger partial charge in [-0.25, -0.2) is 4.98 Å². The van der Waals surface area contributed by atoms with Crippen molar-refractivity contribution in [3.63, 3.8) is 0 Å². The molecule has 0 atom stereocenters. The number of rotatable bonds is 3. The van der Waals surface area contributed by atoms with Crippen LogP contribution in [-0.4, -0.2) is 32.7 Å². The number of nitrogens with one attached hydrogen (secondary N) is 2. The lowest BCUT2D eigenvalue weighted by Gasteiger charge is -2.24. The predicted molar refractivity (Wildman–Crippen MR) is 80.5 cm³/mol. The van der Waals surface area contributed by atoms with Crippen molar-refractivity contribution >= 4 is 17.4 Å². The molecule has 0 aliphatic carbocycles. The van der Waals surface area contributed by atoms with E-state index in [2.05, 4.69) is 38.7 Å². The second-order valence-electron chi connectivity index (χ2n) is 4.82. The van der Waals surface area contributed by atoms with E-state index in [0.717, 1.165) is 22.9 Å². The van der Waals surface area contributed by atoms with Gasteiger partial charge in [-0.15, -0.1) is 0 Å². The van der Waals surface area contributed by atoms with Crippen LogP contribution in [0, 0.1) is 6.92 Å². The standard InChI is InChI=1S/C14H18N4S/c1-10-15-14(18-17-10)12-4-2-3-5-13(12)16-11-6-8-19-9-7-11/h2-5,11,16H,6-9H2,1H3,(H,15,17,18). The predicted octanol–water partition coefficient (Wildman–Crippen LogP) is 3.09. The number of H-pyrrole nitrogens is 1. The molecule has 0 saturated carbocycles. The number of hydrogen-bond acceptors (Lipinski definition) is 4. The van der Waals surface area contributed by atoms with Crippen LogP contribution in [0.25, 0.3) is 11.4 Å². The van der Waals surface area contributed by atoms with E-state index in [1.54, 1.807) is 0 Å². The number of thioether (sulfide) groups is 1. The van der Waals surface area contributed by atoms with E-state index in [1.807, 2.05) is 24.8 Å². The van der Waals surface area contributed by atoms with Gasteiger partial charge in [-0.1, -0.05) is 12.1 Å². The zero-order valence-electron chi connectivity index (χ0n) is 11.0. The Hall–Kier alpha value is -1.49. The maximum absolute atomic E-state index is 4.42. The van der Waals surface area contributed by atoms with Gasteiger partial charge in [-0.05, 0) is 43.4 Å². The van der Waals surface area contributed by atoms with Crippen molar-refractivity contribution < 1.29 is 0 Å². The number of nitrogens with zero attached hydrogens (tertiary/aromatic N) is 2. The molecule has 1 aromatic heterocycles. The summed E-state index contributed by atoms with van der Waals surface area (Å²) < 4.78 is 0. The van der Waals surface area contributed by atoms with Crippen LogP contribution in [0.5, 0.6) is 0 Å². The Labute approximate surface area is 117 Å². The van der Waals surface area contributed by atoms with Crippen molar-refractivity contribution in [3.05, 3.63) is 30.1 Å². The van der Waals surface area contributed by atoms with Crippen molar-refractivity contribution in [2.45, 2.75) is 25.8 Å². The summed E-state index contributed by atoms with van der Waals surface area (Å²) in [6, 6.07) is 8.85. The molecule has 0 amide bonds. The van der Waals surface area contributed by atoms with E-state index in [9.17, 15) is 0 Å². The number of para-hydroxylation sites is 1. The Balaban J connectivity index is 1.84. The molecule has 1 aliphatic rings. The summed E-state index contributed by atoms with van der Waals surface area (Å²) in [6.45, 7) is 1.92. The Morgan fingerprint density at radius 3 is 2.79 bits per heavy atom. The minimum atomic E-state index is 0.572. The summed E-state index contributed by atoms with van der Waals surface area (Å²) >= 11 is 2.04. The second kappa shape index (κ2) is 5.65. The van der Waals surface area contributed by atoms with Gasteiger partial charge in [0, 0.05) is 17.3 Å². The smallest absolute Gasteiger partial charge is 0.183 e. The minimum Gasteiger partial charge on any atom is -0.382 e. The zero-order valence-corrected chi connectivity index (χ0v) is 11.8. The summed E-state index contributed by atoms with van der Waals surface area (Å²) in [5.41, 5.74) is 2.21. The van der Waals surface area contributed by atoms with E-state index in [-0.39, 0.29) is 0 Å². The molecule has 1 aromatic carbocycles. The molecule has 4 nitrogen and oxygen atoms in total. The number of aromatic nitrogens is 3. The number of anilines is 1. The zero-order chi connectivity index (χ0) is 13.1. The Bertz CT molecular complexity index is 546. The average molecular weight is 274 g/mol. The number of hydrogen-bond donors (Lipinski definition) is 2. The molecule has 2 N–H and O–H groups in total. The molecule has 0 unspecified atom stereocenters. The highest BCUT2D eigenvalue weighted by Gasteiger charge is 2.16. The molecule has 5 heteroatoms. The fraction of sp³-hybridized carbons (Fsp3) is 0.429. The lowest BCUT2D eigenvalue weighted by atomic mass is 10.1. The molecular formula is C14H18N4S. The molecule has 1 fully saturated rings. The highest BCUT2D eigenvalue weighted by atomic mass is 32.2.